The third kappa shape index (κ3) is 4.67. The van der Waals surface area contributed by atoms with Crippen molar-refractivity contribution in [2.45, 2.75) is 78.4 Å². The molecule has 210 valence electrons. The minimum Gasteiger partial charge on any atom is -0.435 e. The molecule has 0 spiro atoms. The van der Waals surface area contributed by atoms with Gasteiger partial charge in [0.25, 0.3) is 0 Å². The average Bonchev–Trinajstić information content (AvgIpc) is 3.13. The van der Waals surface area contributed by atoms with Crippen molar-refractivity contribution in [3.05, 3.63) is 23.8 Å². The maximum absolute atomic E-state index is 13.8. The van der Waals surface area contributed by atoms with E-state index in [1.807, 2.05) is 26.8 Å². The second kappa shape index (κ2) is 10.5. The zero-order valence-corrected chi connectivity index (χ0v) is 23.0. The first-order chi connectivity index (χ1) is 17.9. The molecule has 0 heterocycles. The summed E-state index contributed by atoms with van der Waals surface area (Å²) in [7, 11) is 0. The van der Waals surface area contributed by atoms with Crippen molar-refractivity contribution in [2.24, 2.45) is 34.5 Å². The Morgan fingerprint density at radius 1 is 1.11 bits per heavy atom. The highest BCUT2D eigenvalue weighted by atomic mass is 16.7. The Balaban J connectivity index is 1.64. The highest BCUT2D eigenvalue weighted by molar-refractivity contribution is 6.01. The smallest absolute Gasteiger partial charge is 0.435 e. The molecule has 3 saturated carbocycles. The maximum atomic E-state index is 13.8. The van der Waals surface area contributed by atoms with Crippen LogP contribution in [0, 0.1) is 34.5 Å². The molecule has 0 amide bonds. The number of carbonyl (C=O) groups excluding carboxylic acids is 4. The Labute approximate surface area is 223 Å². The number of ketones is 2. The number of allylic oxidation sites excluding steroid dienone is 4. The van der Waals surface area contributed by atoms with E-state index in [9.17, 15) is 24.3 Å². The van der Waals surface area contributed by atoms with Crippen molar-refractivity contribution in [1.82, 2.24) is 0 Å². The van der Waals surface area contributed by atoms with Crippen molar-refractivity contribution < 1.29 is 43.2 Å². The first-order valence-electron chi connectivity index (χ1n) is 13.7. The van der Waals surface area contributed by atoms with Gasteiger partial charge in [0.15, 0.2) is 18.0 Å². The van der Waals surface area contributed by atoms with E-state index in [1.54, 1.807) is 19.1 Å². The van der Waals surface area contributed by atoms with E-state index in [0.29, 0.717) is 6.42 Å². The molecular formula is C29H40O9. The standard InChI is InChI=1S/C29H40O9/c1-6-35-26(34)38-29(23(32)16-37-25(33)36-15-17(2)3)12-10-21-20-8-7-18-13-19(30)9-11-27(18,4)24(20)22(31)14-28(21,29)5/h9,11,13,17,20-22,24,31H,6-8,10,12,14-16H2,1-5H3/t20-,21-,22?,24+,27-,28-,29-/m0/s1. The lowest BCUT2D eigenvalue weighted by Gasteiger charge is -2.59. The van der Waals surface area contributed by atoms with Gasteiger partial charge in [-0.05, 0) is 68.9 Å². The lowest BCUT2D eigenvalue weighted by Crippen LogP contribution is -2.63. The molecule has 0 radical (unpaired) electrons. The average molecular weight is 533 g/mol. The van der Waals surface area contributed by atoms with Crippen LogP contribution in [0.5, 0.6) is 0 Å². The second-order valence-corrected chi connectivity index (χ2v) is 12.0. The monoisotopic (exact) mass is 532 g/mol. The molecule has 0 aromatic heterocycles. The zero-order valence-electron chi connectivity index (χ0n) is 23.0. The lowest BCUT2D eigenvalue weighted by molar-refractivity contribution is -0.184. The Bertz CT molecular complexity index is 1040. The molecule has 0 bridgehead atoms. The lowest BCUT2D eigenvalue weighted by atomic mass is 9.46. The molecule has 3 fully saturated rings. The van der Waals surface area contributed by atoms with Crippen LogP contribution in [0.3, 0.4) is 0 Å². The molecule has 0 aliphatic heterocycles. The van der Waals surface area contributed by atoms with Crippen molar-refractivity contribution in [3.63, 3.8) is 0 Å². The fraction of sp³-hybridized carbons (Fsp3) is 0.724. The van der Waals surface area contributed by atoms with Crippen LogP contribution in [0.4, 0.5) is 9.59 Å². The van der Waals surface area contributed by atoms with Gasteiger partial charge < -0.3 is 24.1 Å². The number of hydrogen-bond donors (Lipinski definition) is 1. The quantitative estimate of drug-likeness (QED) is 0.470. The summed E-state index contributed by atoms with van der Waals surface area (Å²) in [6, 6.07) is 0. The largest absolute Gasteiger partial charge is 0.509 e. The third-order valence-corrected chi connectivity index (χ3v) is 9.44. The van der Waals surface area contributed by atoms with Gasteiger partial charge in [-0.25, -0.2) is 9.59 Å². The number of hydrogen-bond acceptors (Lipinski definition) is 9. The number of fused-ring (bicyclic) bond motifs is 5. The topological polar surface area (TPSA) is 125 Å². The van der Waals surface area contributed by atoms with Crippen molar-refractivity contribution in [1.29, 1.82) is 0 Å². The Morgan fingerprint density at radius 3 is 2.53 bits per heavy atom. The van der Waals surface area contributed by atoms with Crippen LogP contribution in [-0.4, -0.2) is 60.5 Å². The molecule has 0 aromatic rings. The van der Waals surface area contributed by atoms with Gasteiger partial charge in [0.1, 0.15) is 0 Å². The summed E-state index contributed by atoms with van der Waals surface area (Å²) in [6.07, 6.45) is 5.00. The SMILES string of the molecule is CCOC(=O)O[C@]1(C(=O)COC(=O)OCC(C)C)CC[C@H]2[C@@H]3CCC4=CC(=O)C=C[C@]4(C)[C@H]3C(O)C[C@@]21C. The Morgan fingerprint density at radius 2 is 1.84 bits per heavy atom. The van der Waals surface area contributed by atoms with E-state index < -0.39 is 47.2 Å². The van der Waals surface area contributed by atoms with Crippen LogP contribution in [0.25, 0.3) is 0 Å². The van der Waals surface area contributed by atoms with E-state index in [4.69, 9.17) is 18.9 Å². The van der Waals surface area contributed by atoms with Crippen LogP contribution in [0.2, 0.25) is 0 Å². The van der Waals surface area contributed by atoms with E-state index >= 15 is 0 Å². The third-order valence-electron chi connectivity index (χ3n) is 9.44. The summed E-state index contributed by atoms with van der Waals surface area (Å²) < 4.78 is 21.1. The van der Waals surface area contributed by atoms with Gasteiger partial charge in [-0.3, -0.25) is 9.59 Å². The molecule has 7 atom stereocenters. The summed E-state index contributed by atoms with van der Waals surface area (Å²) in [5.74, 6) is -0.610. The van der Waals surface area contributed by atoms with E-state index in [1.165, 1.54) is 0 Å². The highest BCUT2D eigenvalue weighted by Crippen LogP contribution is 2.68. The first kappa shape index (κ1) is 28.3. The number of rotatable bonds is 7. The highest BCUT2D eigenvalue weighted by Gasteiger charge is 2.70. The predicted octanol–water partition coefficient (Wildman–Crippen LogP) is 4.56. The maximum Gasteiger partial charge on any atom is 0.509 e. The van der Waals surface area contributed by atoms with Gasteiger partial charge in [-0.2, -0.15) is 0 Å². The number of carbonyl (C=O) groups is 4. The van der Waals surface area contributed by atoms with Gasteiger partial charge in [-0.15, -0.1) is 0 Å². The molecule has 4 aliphatic carbocycles. The van der Waals surface area contributed by atoms with Gasteiger partial charge in [0, 0.05) is 16.7 Å². The van der Waals surface area contributed by atoms with Gasteiger partial charge in [0.05, 0.1) is 19.3 Å². The Kier molecular flexibility index (Phi) is 7.81. The fourth-order valence-electron chi connectivity index (χ4n) is 7.80. The Hall–Kier alpha value is -2.68. The normalized spacial score (nSPS) is 37.4. The van der Waals surface area contributed by atoms with E-state index in [-0.39, 0.29) is 55.5 Å². The minimum absolute atomic E-state index is 0.0356. The summed E-state index contributed by atoms with van der Waals surface area (Å²) in [6.45, 7) is 9.00. The molecule has 0 aromatic carbocycles. The molecule has 38 heavy (non-hydrogen) atoms. The number of Topliss-reactive ketones (excluding diaryl/α,β-unsaturated/α-hetero) is 1. The van der Waals surface area contributed by atoms with Crippen molar-refractivity contribution in [2.75, 3.05) is 19.8 Å². The summed E-state index contributed by atoms with van der Waals surface area (Å²) in [5, 5.41) is 11.6. The summed E-state index contributed by atoms with van der Waals surface area (Å²) in [4.78, 5) is 50.6. The predicted molar refractivity (Wildman–Crippen MR) is 136 cm³/mol. The molecule has 4 rings (SSSR count). The van der Waals surface area contributed by atoms with Crippen LogP contribution < -0.4 is 0 Å². The van der Waals surface area contributed by atoms with Crippen molar-refractivity contribution in [3.8, 4) is 0 Å². The minimum atomic E-state index is -1.62. The molecule has 1 N–H and O–H groups in total. The van der Waals surface area contributed by atoms with Crippen LogP contribution in [0.15, 0.2) is 23.8 Å². The zero-order chi connectivity index (χ0) is 27.9. The number of aliphatic hydroxyl groups is 1. The van der Waals surface area contributed by atoms with Gasteiger partial charge >= 0.3 is 12.3 Å². The molecular weight excluding hydrogens is 492 g/mol. The summed E-state index contributed by atoms with van der Waals surface area (Å²) >= 11 is 0. The van der Waals surface area contributed by atoms with Crippen LogP contribution in [0.1, 0.15) is 66.7 Å². The molecule has 1 unspecified atom stereocenters. The molecule has 9 heteroatoms. The van der Waals surface area contributed by atoms with E-state index in [2.05, 4.69) is 6.92 Å². The van der Waals surface area contributed by atoms with Crippen molar-refractivity contribution >= 4 is 23.9 Å². The fourth-order valence-corrected chi connectivity index (χ4v) is 7.80. The number of ether oxygens (including phenoxy) is 4. The van der Waals surface area contributed by atoms with E-state index in [0.717, 1.165) is 18.4 Å². The van der Waals surface area contributed by atoms with Crippen LogP contribution >= 0.6 is 0 Å². The number of aliphatic hydroxyl groups excluding tert-OH is 1. The first-order valence-corrected chi connectivity index (χ1v) is 13.7. The summed E-state index contributed by atoms with van der Waals surface area (Å²) in [5.41, 5.74) is -1.96. The molecule has 0 saturated heterocycles. The van der Waals surface area contributed by atoms with Gasteiger partial charge in [-0.1, -0.05) is 39.3 Å². The molecule has 9 nitrogen and oxygen atoms in total. The molecule has 4 aliphatic rings. The van der Waals surface area contributed by atoms with Crippen LogP contribution in [-0.2, 0) is 28.5 Å². The second-order valence-electron chi connectivity index (χ2n) is 12.0. The van der Waals surface area contributed by atoms with Gasteiger partial charge in [0.2, 0.25) is 5.78 Å².